The molecule has 100 valence electrons. The molecule has 1 atom stereocenters. The minimum atomic E-state index is -0.934. The second kappa shape index (κ2) is 4.66. The maximum atomic E-state index is 12.3. The molecule has 2 heterocycles. The summed E-state index contributed by atoms with van der Waals surface area (Å²) in [6.07, 6.45) is 0.784. The van der Waals surface area contributed by atoms with Gasteiger partial charge in [0.15, 0.2) is 0 Å². The average Bonchev–Trinajstić information content (AvgIpc) is 3.06. The Balaban J connectivity index is 1.76. The van der Waals surface area contributed by atoms with E-state index in [1.165, 1.54) is 0 Å². The van der Waals surface area contributed by atoms with Gasteiger partial charge in [0.05, 0.1) is 18.1 Å². The van der Waals surface area contributed by atoms with Crippen LogP contribution in [-0.2, 0) is 22.6 Å². The van der Waals surface area contributed by atoms with Crippen molar-refractivity contribution in [3.05, 3.63) is 34.9 Å². The molecular formula is C14H15NO4. The number of ether oxygens (including phenoxy) is 1. The highest BCUT2D eigenvalue weighted by molar-refractivity contribution is 5.88. The van der Waals surface area contributed by atoms with E-state index in [-0.39, 0.29) is 17.4 Å². The Morgan fingerprint density at radius 1 is 1.26 bits per heavy atom. The van der Waals surface area contributed by atoms with E-state index in [9.17, 15) is 9.59 Å². The summed E-state index contributed by atoms with van der Waals surface area (Å²) >= 11 is 0. The summed E-state index contributed by atoms with van der Waals surface area (Å²) in [4.78, 5) is 25.0. The molecule has 0 aliphatic carbocycles. The lowest BCUT2D eigenvalue weighted by molar-refractivity contribution is -0.136. The Bertz CT molecular complexity index is 534. The van der Waals surface area contributed by atoms with Gasteiger partial charge in [-0.15, -0.1) is 0 Å². The molecule has 2 aliphatic rings. The summed E-state index contributed by atoms with van der Waals surface area (Å²) in [5, 5.41) is 8.97. The number of carboxylic acids is 1. The molecule has 0 radical (unpaired) electrons. The Morgan fingerprint density at radius 3 is 2.74 bits per heavy atom. The molecular weight excluding hydrogens is 246 g/mol. The second-order valence-electron chi connectivity index (χ2n) is 5.04. The van der Waals surface area contributed by atoms with Crippen LogP contribution in [0.25, 0.3) is 0 Å². The van der Waals surface area contributed by atoms with Crippen molar-refractivity contribution in [1.82, 2.24) is 4.90 Å². The lowest BCUT2D eigenvalue weighted by Gasteiger charge is -2.18. The molecule has 1 unspecified atom stereocenters. The molecule has 0 spiro atoms. The van der Waals surface area contributed by atoms with E-state index in [1.54, 1.807) is 23.1 Å². The van der Waals surface area contributed by atoms with Gasteiger partial charge in [0, 0.05) is 19.7 Å². The van der Waals surface area contributed by atoms with E-state index >= 15 is 0 Å². The third-order valence-corrected chi connectivity index (χ3v) is 3.77. The van der Waals surface area contributed by atoms with Crippen molar-refractivity contribution in [2.75, 3.05) is 13.2 Å². The number of carbonyl (C=O) groups excluding carboxylic acids is 1. The first-order valence-electron chi connectivity index (χ1n) is 6.37. The topological polar surface area (TPSA) is 66.8 Å². The van der Waals surface area contributed by atoms with Gasteiger partial charge in [-0.2, -0.15) is 0 Å². The highest BCUT2D eigenvalue weighted by Crippen LogP contribution is 2.27. The second-order valence-corrected chi connectivity index (χ2v) is 5.04. The van der Waals surface area contributed by atoms with Gasteiger partial charge in [-0.3, -0.25) is 4.79 Å². The van der Waals surface area contributed by atoms with Gasteiger partial charge in [-0.05, 0) is 29.7 Å². The zero-order chi connectivity index (χ0) is 13.4. The first-order chi connectivity index (χ1) is 9.15. The molecule has 0 aromatic heterocycles. The van der Waals surface area contributed by atoms with E-state index in [0.717, 1.165) is 17.5 Å². The number of hydrogen-bond donors (Lipinski definition) is 1. The minimum absolute atomic E-state index is 0.0340. The van der Waals surface area contributed by atoms with Gasteiger partial charge in [0.25, 0.3) is 0 Å². The number of amides is 1. The van der Waals surface area contributed by atoms with Crippen LogP contribution < -0.4 is 0 Å². The van der Waals surface area contributed by atoms with Crippen LogP contribution >= 0.6 is 0 Å². The van der Waals surface area contributed by atoms with Crippen molar-refractivity contribution in [3.63, 3.8) is 0 Å². The smallest absolute Gasteiger partial charge is 0.335 e. The quantitative estimate of drug-likeness (QED) is 0.870. The fraction of sp³-hybridized carbons (Fsp3) is 0.429. The van der Waals surface area contributed by atoms with Gasteiger partial charge in [-0.25, -0.2) is 4.79 Å². The number of benzene rings is 1. The van der Waals surface area contributed by atoms with Crippen molar-refractivity contribution in [3.8, 4) is 0 Å². The molecule has 1 aromatic carbocycles. The molecule has 5 heteroatoms. The van der Waals surface area contributed by atoms with Crippen LogP contribution in [0.2, 0.25) is 0 Å². The predicted molar refractivity (Wildman–Crippen MR) is 66.6 cm³/mol. The van der Waals surface area contributed by atoms with Crippen molar-refractivity contribution < 1.29 is 19.4 Å². The number of rotatable bonds is 2. The minimum Gasteiger partial charge on any atom is -0.478 e. The Morgan fingerprint density at radius 2 is 2.05 bits per heavy atom. The SMILES string of the molecule is O=C(O)c1ccc2c(c1)CN(C(=O)C1CCOC1)C2. The van der Waals surface area contributed by atoms with Crippen LogP contribution in [0.15, 0.2) is 18.2 Å². The molecule has 1 saturated heterocycles. The number of carbonyl (C=O) groups is 2. The van der Waals surface area contributed by atoms with Crippen molar-refractivity contribution in [2.24, 2.45) is 5.92 Å². The van der Waals surface area contributed by atoms with E-state index in [0.29, 0.717) is 26.3 Å². The molecule has 5 nitrogen and oxygen atoms in total. The lowest BCUT2D eigenvalue weighted by Crippen LogP contribution is -2.32. The van der Waals surface area contributed by atoms with Gasteiger partial charge >= 0.3 is 5.97 Å². The standard InChI is InChI=1S/C14H15NO4/c16-13(11-3-4-19-8-11)15-6-10-2-1-9(14(17)18)5-12(10)7-15/h1-2,5,11H,3-4,6-8H2,(H,17,18). The van der Waals surface area contributed by atoms with Gasteiger partial charge < -0.3 is 14.7 Å². The zero-order valence-corrected chi connectivity index (χ0v) is 10.5. The number of fused-ring (bicyclic) bond motifs is 1. The highest BCUT2D eigenvalue weighted by Gasteiger charge is 2.31. The van der Waals surface area contributed by atoms with Crippen LogP contribution in [0.3, 0.4) is 0 Å². The molecule has 1 amide bonds. The van der Waals surface area contributed by atoms with E-state index < -0.39 is 5.97 Å². The first kappa shape index (κ1) is 12.2. The van der Waals surface area contributed by atoms with Crippen LogP contribution in [0.5, 0.6) is 0 Å². The summed E-state index contributed by atoms with van der Waals surface area (Å²) in [5.74, 6) is -0.851. The summed E-state index contributed by atoms with van der Waals surface area (Å²) < 4.78 is 5.24. The predicted octanol–water partition coefficient (Wildman–Crippen LogP) is 1.26. The largest absolute Gasteiger partial charge is 0.478 e. The molecule has 2 aliphatic heterocycles. The average molecular weight is 261 g/mol. The van der Waals surface area contributed by atoms with E-state index in [2.05, 4.69) is 0 Å². The van der Waals surface area contributed by atoms with Crippen molar-refractivity contribution >= 4 is 11.9 Å². The van der Waals surface area contributed by atoms with Crippen LogP contribution in [0, 0.1) is 5.92 Å². The summed E-state index contributed by atoms with van der Waals surface area (Å²) in [7, 11) is 0. The maximum Gasteiger partial charge on any atom is 0.335 e. The number of aromatic carboxylic acids is 1. The monoisotopic (exact) mass is 261 g/mol. The zero-order valence-electron chi connectivity index (χ0n) is 10.5. The summed E-state index contributed by atoms with van der Waals surface area (Å²) in [5.41, 5.74) is 2.25. The van der Waals surface area contributed by atoms with Crippen LogP contribution in [0.1, 0.15) is 27.9 Å². The normalized spacial score (nSPS) is 21.5. The molecule has 0 bridgehead atoms. The third kappa shape index (κ3) is 2.21. The van der Waals surface area contributed by atoms with E-state index in [1.807, 2.05) is 0 Å². The molecule has 0 saturated carbocycles. The molecule has 1 fully saturated rings. The number of nitrogens with zero attached hydrogens (tertiary/aromatic N) is 1. The summed E-state index contributed by atoms with van der Waals surface area (Å²) in [6.45, 7) is 2.24. The molecule has 1 N–H and O–H groups in total. The van der Waals surface area contributed by atoms with E-state index in [4.69, 9.17) is 9.84 Å². The van der Waals surface area contributed by atoms with Crippen molar-refractivity contribution in [2.45, 2.75) is 19.5 Å². The molecule has 1 aromatic rings. The first-order valence-corrected chi connectivity index (χ1v) is 6.37. The Labute approximate surface area is 110 Å². The number of carboxylic acid groups (broad SMARTS) is 1. The molecule has 3 rings (SSSR count). The maximum absolute atomic E-state index is 12.3. The lowest BCUT2D eigenvalue weighted by atomic mass is 10.1. The summed E-state index contributed by atoms with van der Waals surface area (Å²) in [6, 6.07) is 5.06. The molecule has 19 heavy (non-hydrogen) atoms. The fourth-order valence-corrected chi connectivity index (χ4v) is 2.67. The third-order valence-electron chi connectivity index (χ3n) is 3.77. The fourth-order valence-electron chi connectivity index (χ4n) is 2.67. The highest BCUT2D eigenvalue weighted by atomic mass is 16.5. The number of hydrogen-bond acceptors (Lipinski definition) is 3. The Kier molecular flexibility index (Phi) is 2.98. The van der Waals surface area contributed by atoms with Gasteiger partial charge in [0.2, 0.25) is 5.91 Å². The van der Waals surface area contributed by atoms with Gasteiger partial charge in [-0.1, -0.05) is 6.07 Å². The van der Waals surface area contributed by atoms with Gasteiger partial charge in [0.1, 0.15) is 0 Å². The van der Waals surface area contributed by atoms with Crippen molar-refractivity contribution in [1.29, 1.82) is 0 Å². The Hall–Kier alpha value is -1.88. The van der Waals surface area contributed by atoms with Crippen LogP contribution in [-0.4, -0.2) is 35.1 Å². The van der Waals surface area contributed by atoms with Crippen LogP contribution in [0.4, 0.5) is 0 Å².